The number of halogens is 3. The van der Waals surface area contributed by atoms with Crippen LogP contribution < -0.4 is 20.1 Å². The molecule has 1 atom stereocenters. The lowest BCUT2D eigenvalue weighted by atomic mass is 9.75. The summed E-state index contributed by atoms with van der Waals surface area (Å²) in [7, 11) is 2.97. The molecule has 4 rings (SSSR count). The number of carbonyl (C=O) groups is 1. The van der Waals surface area contributed by atoms with E-state index >= 15 is 0 Å². The summed E-state index contributed by atoms with van der Waals surface area (Å²) in [5.41, 5.74) is 7.14. The number of ether oxygens (including phenoxy) is 2. The summed E-state index contributed by atoms with van der Waals surface area (Å²) in [5, 5.41) is 10.1. The largest absolute Gasteiger partial charge is 0.497 e. The van der Waals surface area contributed by atoms with Gasteiger partial charge in [0.25, 0.3) is 0 Å². The highest BCUT2D eigenvalue weighted by Crippen LogP contribution is 2.49. The smallest absolute Gasteiger partial charge is 0.416 e. The molecule has 176 valence electrons. The Morgan fingerprint density at radius 3 is 2.53 bits per heavy atom. The molecule has 0 unspecified atom stereocenters. The minimum Gasteiger partial charge on any atom is -0.497 e. The molecule has 34 heavy (non-hydrogen) atoms. The highest BCUT2D eigenvalue weighted by atomic mass is 19.4. The average Bonchev–Trinajstić information content (AvgIpc) is 2.82. The third-order valence-electron chi connectivity index (χ3n) is 6.09. The van der Waals surface area contributed by atoms with Gasteiger partial charge in [-0.2, -0.15) is 18.4 Å². The number of alkyl halides is 3. The predicted molar refractivity (Wildman–Crippen MR) is 119 cm³/mol. The van der Waals surface area contributed by atoms with Crippen molar-refractivity contribution < 1.29 is 27.4 Å². The van der Waals surface area contributed by atoms with Crippen LogP contribution in [0.25, 0.3) is 0 Å². The molecule has 1 aliphatic heterocycles. The monoisotopic (exact) mass is 469 g/mol. The maximum atomic E-state index is 13.4. The number of methoxy groups -OCH3 is 2. The van der Waals surface area contributed by atoms with Crippen LogP contribution in [0.1, 0.15) is 36.3 Å². The van der Waals surface area contributed by atoms with Crippen LogP contribution in [0.5, 0.6) is 11.5 Å². The van der Waals surface area contributed by atoms with Crippen molar-refractivity contribution in [3.8, 4) is 17.6 Å². The van der Waals surface area contributed by atoms with Gasteiger partial charge >= 0.3 is 6.18 Å². The van der Waals surface area contributed by atoms with Crippen molar-refractivity contribution in [3.63, 3.8) is 0 Å². The van der Waals surface area contributed by atoms with Crippen LogP contribution >= 0.6 is 0 Å². The summed E-state index contributed by atoms with van der Waals surface area (Å²) in [4.78, 5) is 14.6. The van der Waals surface area contributed by atoms with Crippen molar-refractivity contribution in [1.82, 2.24) is 0 Å². The molecule has 0 fully saturated rings. The lowest BCUT2D eigenvalue weighted by molar-refractivity contribution is -0.137. The molecule has 0 bridgehead atoms. The summed E-state index contributed by atoms with van der Waals surface area (Å²) < 4.78 is 51.0. The Morgan fingerprint density at radius 1 is 1.12 bits per heavy atom. The van der Waals surface area contributed by atoms with Gasteiger partial charge in [0.05, 0.1) is 37.3 Å². The normalized spacial score (nSPS) is 18.5. The number of nitrogens with two attached hydrogens (primary N) is 1. The zero-order valence-corrected chi connectivity index (χ0v) is 18.6. The molecule has 2 aliphatic rings. The SMILES string of the molecule is COc1ccc(OC)c([C@H]2C(C#N)=C(N)N(c3cccc(C(F)(F)F)c3)C3=C2C(=O)CCC3)c1. The average molecular weight is 469 g/mol. The third kappa shape index (κ3) is 3.85. The number of nitrogens with zero attached hydrogens (tertiary/aromatic N) is 2. The number of nitriles is 1. The number of carbonyl (C=O) groups excluding carboxylic acids is 1. The Balaban J connectivity index is 1.99. The fraction of sp³-hybridized carbons (Fsp3) is 0.280. The summed E-state index contributed by atoms with van der Waals surface area (Å²) in [6.45, 7) is 0. The van der Waals surface area contributed by atoms with E-state index in [1.54, 1.807) is 18.2 Å². The Hall–Kier alpha value is -3.93. The summed E-state index contributed by atoms with van der Waals surface area (Å²) >= 11 is 0. The van der Waals surface area contributed by atoms with Crippen molar-refractivity contribution in [1.29, 1.82) is 5.26 Å². The Bertz CT molecular complexity index is 1260. The lowest BCUT2D eigenvalue weighted by Crippen LogP contribution is -2.39. The van der Waals surface area contributed by atoms with Gasteiger partial charge in [0.2, 0.25) is 0 Å². The zero-order chi connectivity index (χ0) is 24.6. The molecular weight excluding hydrogens is 447 g/mol. The van der Waals surface area contributed by atoms with Crippen molar-refractivity contribution in [3.05, 3.63) is 76.3 Å². The Kier molecular flexibility index (Phi) is 6.00. The molecule has 2 aromatic rings. The number of allylic oxidation sites excluding steroid dienone is 3. The van der Waals surface area contributed by atoms with Gasteiger partial charge in [-0.15, -0.1) is 0 Å². The first-order valence-corrected chi connectivity index (χ1v) is 10.6. The van der Waals surface area contributed by atoms with Gasteiger partial charge in [-0.3, -0.25) is 9.69 Å². The minimum absolute atomic E-state index is 0.0230. The first-order valence-electron chi connectivity index (χ1n) is 10.6. The highest BCUT2D eigenvalue weighted by Gasteiger charge is 2.42. The maximum absolute atomic E-state index is 13.4. The number of hydrogen-bond acceptors (Lipinski definition) is 6. The summed E-state index contributed by atoms with van der Waals surface area (Å²) in [6.07, 6.45) is -3.36. The van der Waals surface area contributed by atoms with Gasteiger partial charge < -0.3 is 15.2 Å². The third-order valence-corrected chi connectivity index (χ3v) is 6.09. The number of rotatable bonds is 4. The molecule has 0 saturated carbocycles. The summed E-state index contributed by atoms with van der Waals surface area (Å²) in [6, 6.07) is 11.8. The number of benzene rings is 2. The molecule has 0 amide bonds. The first-order chi connectivity index (χ1) is 16.2. The Morgan fingerprint density at radius 2 is 1.88 bits per heavy atom. The molecule has 1 aliphatic carbocycles. The van der Waals surface area contributed by atoms with Crippen LogP contribution in [0.15, 0.2) is 65.1 Å². The quantitative estimate of drug-likeness (QED) is 0.676. The topological polar surface area (TPSA) is 88.6 Å². The minimum atomic E-state index is -4.56. The van der Waals surface area contributed by atoms with E-state index in [-0.39, 0.29) is 29.3 Å². The molecule has 0 aromatic heterocycles. The predicted octanol–water partition coefficient (Wildman–Crippen LogP) is 5.03. The Labute approximate surface area is 194 Å². The van der Waals surface area contributed by atoms with E-state index in [1.807, 2.05) is 0 Å². The number of hydrogen-bond donors (Lipinski definition) is 1. The van der Waals surface area contributed by atoms with Crippen LogP contribution in [-0.4, -0.2) is 20.0 Å². The molecule has 0 radical (unpaired) electrons. The van der Waals surface area contributed by atoms with E-state index in [9.17, 15) is 23.2 Å². The van der Waals surface area contributed by atoms with Crippen molar-refractivity contribution in [2.45, 2.75) is 31.4 Å². The van der Waals surface area contributed by atoms with Gasteiger partial charge in [0.1, 0.15) is 17.3 Å². The molecule has 2 N–H and O–H groups in total. The summed E-state index contributed by atoms with van der Waals surface area (Å²) in [5.74, 6) is -0.111. The maximum Gasteiger partial charge on any atom is 0.416 e. The second kappa shape index (κ2) is 8.78. The van der Waals surface area contributed by atoms with Crippen LogP contribution in [-0.2, 0) is 11.0 Å². The van der Waals surface area contributed by atoms with Crippen molar-refractivity contribution >= 4 is 11.5 Å². The van der Waals surface area contributed by atoms with E-state index in [0.29, 0.717) is 41.2 Å². The number of Topliss-reactive ketones (excluding diaryl/α,β-unsaturated/α-hetero) is 1. The lowest BCUT2D eigenvalue weighted by Gasteiger charge is -2.40. The molecule has 9 heteroatoms. The van der Waals surface area contributed by atoms with Gasteiger partial charge in [0.15, 0.2) is 5.78 Å². The van der Waals surface area contributed by atoms with E-state index in [0.717, 1.165) is 12.1 Å². The standard InChI is InChI=1S/C25H22F3N3O3/c1-33-16-9-10-21(34-2)17(12-16)22-18(13-29)24(30)31(19-7-4-8-20(32)23(19)22)15-6-3-5-14(11-15)25(26,27)28/h3,5-6,9-12,22H,4,7-8,30H2,1-2H3/t22-/m0/s1. The molecule has 2 aromatic carbocycles. The van der Waals surface area contributed by atoms with Gasteiger partial charge in [0, 0.05) is 28.9 Å². The van der Waals surface area contributed by atoms with Crippen LogP contribution in [0.2, 0.25) is 0 Å². The van der Waals surface area contributed by atoms with E-state index in [1.165, 1.54) is 31.3 Å². The van der Waals surface area contributed by atoms with E-state index < -0.39 is 17.7 Å². The van der Waals surface area contributed by atoms with E-state index in [4.69, 9.17) is 15.2 Å². The molecule has 0 spiro atoms. The fourth-order valence-electron chi connectivity index (χ4n) is 4.58. The molecular formula is C25H22F3N3O3. The van der Waals surface area contributed by atoms with Crippen molar-refractivity contribution in [2.75, 3.05) is 19.1 Å². The molecule has 0 saturated heterocycles. The van der Waals surface area contributed by atoms with Gasteiger partial charge in [-0.1, -0.05) is 6.07 Å². The van der Waals surface area contributed by atoms with Gasteiger partial charge in [-0.05, 0) is 49.2 Å². The van der Waals surface area contributed by atoms with Crippen LogP contribution in [0.4, 0.5) is 18.9 Å². The number of anilines is 1. The zero-order valence-electron chi connectivity index (χ0n) is 18.6. The van der Waals surface area contributed by atoms with E-state index in [2.05, 4.69) is 6.07 Å². The first kappa shape index (κ1) is 23.2. The second-order valence-electron chi connectivity index (χ2n) is 7.97. The molecule has 1 heterocycles. The fourth-order valence-corrected chi connectivity index (χ4v) is 4.58. The van der Waals surface area contributed by atoms with Crippen LogP contribution in [0, 0.1) is 11.3 Å². The second-order valence-corrected chi connectivity index (χ2v) is 7.97. The number of ketones is 1. The van der Waals surface area contributed by atoms with Crippen molar-refractivity contribution in [2.24, 2.45) is 5.73 Å². The highest BCUT2D eigenvalue weighted by molar-refractivity contribution is 6.01. The molecule has 6 nitrogen and oxygen atoms in total. The van der Waals surface area contributed by atoms with Gasteiger partial charge in [-0.25, -0.2) is 0 Å². The van der Waals surface area contributed by atoms with Crippen LogP contribution in [0.3, 0.4) is 0 Å².